The maximum absolute atomic E-state index is 12.7. The standard InChI is InChI=1S/C21H39N5O/c1-3-19(25-12-7-8-13-25)15-23-21(22-4-2)24-18-11-14-26(16-18)20(27)17-9-5-6-10-17/h17-19H,3-16H2,1-2H3,(H2,22,23,24). The Balaban J connectivity index is 1.50. The number of rotatable bonds is 7. The average molecular weight is 378 g/mol. The van der Waals surface area contributed by atoms with Crippen LogP contribution in [0.2, 0.25) is 0 Å². The highest BCUT2D eigenvalue weighted by Crippen LogP contribution is 2.27. The quantitative estimate of drug-likeness (QED) is 0.527. The third-order valence-corrected chi connectivity index (χ3v) is 6.48. The van der Waals surface area contributed by atoms with Gasteiger partial charge in [-0.05, 0) is 58.5 Å². The van der Waals surface area contributed by atoms with Gasteiger partial charge in [0, 0.05) is 37.6 Å². The van der Waals surface area contributed by atoms with E-state index in [1.54, 1.807) is 0 Å². The van der Waals surface area contributed by atoms with Crippen LogP contribution in [0, 0.1) is 5.92 Å². The zero-order valence-corrected chi connectivity index (χ0v) is 17.4. The second kappa shape index (κ2) is 10.3. The molecule has 0 aromatic heterocycles. The highest BCUT2D eigenvalue weighted by molar-refractivity contribution is 5.81. The summed E-state index contributed by atoms with van der Waals surface area (Å²) in [6.45, 7) is 10.2. The molecule has 0 aromatic carbocycles. The molecule has 1 aliphatic carbocycles. The lowest BCUT2D eigenvalue weighted by Gasteiger charge is -2.25. The van der Waals surface area contributed by atoms with Gasteiger partial charge in [-0.25, -0.2) is 0 Å². The van der Waals surface area contributed by atoms with Crippen molar-refractivity contribution in [3.63, 3.8) is 0 Å². The smallest absolute Gasteiger partial charge is 0.225 e. The zero-order valence-electron chi connectivity index (χ0n) is 17.4. The van der Waals surface area contributed by atoms with Crippen LogP contribution in [-0.4, -0.2) is 73.0 Å². The fourth-order valence-electron chi connectivity index (χ4n) is 4.83. The summed E-state index contributed by atoms with van der Waals surface area (Å²) in [5.41, 5.74) is 0. The van der Waals surface area contributed by atoms with E-state index in [4.69, 9.17) is 4.99 Å². The number of nitrogens with zero attached hydrogens (tertiary/aromatic N) is 3. The minimum atomic E-state index is 0.288. The second-order valence-electron chi connectivity index (χ2n) is 8.42. The molecule has 2 atom stereocenters. The van der Waals surface area contributed by atoms with Crippen LogP contribution in [0.15, 0.2) is 4.99 Å². The molecule has 2 N–H and O–H groups in total. The normalized spacial score (nSPS) is 25.9. The lowest BCUT2D eigenvalue weighted by Crippen LogP contribution is -2.46. The summed E-state index contributed by atoms with van der Waals surface area (Å²) in [4.78, 5) is 22.2. The third-order valence-electron chi connectivity index (χ3n) is 6.48. The molecule has 27 heavy (non-hydrogen) atoms. The molecular formula is C21H39N5O. The topological polar surface area (TPSA) is 60.0 Å². The Bertz CT molecular complexity index is 497. The number of aliphatic imine (C=N–C) groups is 1. The Labute approximate surface area is 165 Å². The zero-order chi connectivity index (χ0) is 19.1. The van der Waals surface area contributed by atoms with E-state index in [0.29, 0.717) is 18.0 Å². The molecule has 0 radical (unpaired) electrons. The van der Waals surface area contributed by atoms with Crippen LogP contribution < -0.4 is 10.6 Å². The lowest BCUT2D eigenvalue weighted by atomic mass is 10.1. The van der Waals surface area contributed by atoms with Gasteiger partial charge in [0.05, 0.1) is 6.54 Å². The maximum Gasteiger partial charge on any atom is 0.225 e. The average Bonchev–Trinajstić information content (AvgIpc) is 3.44. The Morgan fingerprint density at radius 1 is 1.07 bits per heavy atom. The molecule has 3 aliphatic rings. The number of guanidine groups is 1. The molecule has 1 amide bonds. The summed E-state index contributed by atoms with van der Waals surface area (Å²) in [7, 11) is 0. The Morgan fingerprint density at radius 2 is 1.81 bits per heavy atom. The first kappa shape index (κ1) is 20.4. The Morgan fingerprint density at radius 3 is 2.48 bits per heavy atom. The van der Waals surface area contributed by atoms with Crippen LogP contribution in [0.4, 0.5) is 0 Å². The van der Waals surface area contributed by atoms with Crippen molar-refractivity contribution in [3.8, 4) is 0 Å². The van der Waals surface area contributed by atoms with Gasteiger partial charge < -0.3 is 15.5 Å². The fourth-order valence-corrected chi connectivity index (χ4v) is 4.83. The van der Waals surface area contributed by atoms with Gasteiger partial charge in [-0.1, -0.05) is 19.8 Å². The Kier molecular flexibility index (Phi) is 7.80. The molecule has 6 heteroatoms. The summed E-state index contributed by atoms with van der Waals surface area (Å²) in [5, 5.41) is 6.98. The SMILES string of the molecule is CCNC(=NCC(CC)N1CCCC1)NC1CCN(C(=O)C2CCCC2)C1. The first-order chi connectivity index (χ1) is 13.2. The Hall–Kier alpha value is -1.30. The van der Waals surface area contributed by atoms with E-state index in [1.807, 2.05) is 0 Å². The molecule has 2 heterocycles. The molecule has 154 valence electrons. The van der Waals surface area contributed by atoms with Crippen LogP contribution >= 0.6 is 0 Å². The molecule has 0 spiro atoms. The molecule has 2 aliphatic heterocycles. The predicted molar refractivity (Wildman–Crippen MR) is 111 cm³/mol. The fraction of sp³-hybridized carbons (Fsp3) is 0.905. The van der Waals surface area contributed by atoms with E-state index in [9.17, 15) is 4.79 Å². The van der Waals surface area contributed by atoms with Gasteiger partial charge >= 0.3 is 0 Å². The van der Waals surface area contributed by atoms with Crippen LogP contribution in [0.5, 0.6) is 0 Å². The number of nitrogens with one attached hydrogen (secondary N) is 2. The highest BCUT2D eigenvalue weighted by atomic mass is 16.2. The molecule has 0 aromatic rings. The van der Waals surface area contributed by atoms with Gasteiger partial charge in [0.15, 0.2) is 5.96 Å². The summed E-state index contributed by atoms with van der Waals surface area (Å²) >= 11 is 0. The first-order valence-corrected chi connectivity index (χ1v) is 11.3. The number of hydrogen-bond acceptors (Lipinski definition) is 3. The summed E-state index contributed by atoms with van der Waals surface area (Å²) in [6, 6.07) is 0.868. The summed E-state index contributed by atoms with van der Waals surface area (Å²) in [6.07, 6.45) is 9.44. The van der Waals surface area contributed by atoms with Crippen molar-refractivity contribution in [1.29, 1.82) is 0 Å². The molecule has 1 saturated carbocycles. The van der Waals surface area contributed by atoms with Crippen molar-refractivity contribution in [2.45, 2.75) is 77.3 Å². The first-order valence-electron chi connectivity index (χ1n) is 11.3. The van der Waals surface area contributed by atoms with Gasteiger partial charge in [0.2, 0.25) is 5.91 Å². The lowest BCUT2D eigenvalue weighted by molar-refractivity contribution is -0.134. The van der Waals surface area contributed by atoms with Gasteiger partial charge in [-0.3, -0.25) is 14.7 Å². The van der Waals surface area contributed by atoms with Crippen molar-refractivity contribution in [3.05, 3.63) is 0 Å². The third kappa shape index (κ3) is 5.59. The van der Waals surface area contributed by atoms with Gasteiger partial charge in [-0.15, -0.1) is 0 Å². The van der Waals surface area contributed by atoms with E-state index in [0.717, 1.165) is 57.8 Å². The predicted octanol–water partition coefficient (Wildman–Crippen LogP) is 2.21. The van der Waals surface area contributed by atoms with Crippen molar-refractivity contribution >= 4 is 11.9 Å². The molecule has 0 bridgehead atoms. The summed E-state index contributed by atoms with van der Waals surface area (Å²) < 4.78 is 0. The van der Waals surface area contributed by atoms with Crippen LogP contribution in [0.1, 0.15) is 65.2 Å². The number of amides is 1. The van der Waals surface area contributed by atoms with E-state index < -0.39 is 0 Å². The monoisotopic (exact) mass is 377 g/mol. The van der Waals surface area contributed by atoms with Crippen molar-refractivity contribution < 1.29 is 4.79 Å². The minimum Gasteiger partial charge on any atom is -0.357 e. The largest absolute Gasteiger partial charge is 0.357 e. The van der Waals surface area contributed by atoms with Gasteiger partial charge in [0.25, 0.3) is 0 Å². The number of hydrogen-bond donors (Lipinski definition) is 2. The second-order valence-corrected chi connectivity index (χ2v) is 8.42. The van der Waals surface area contributed by atoms with Crippen LogP contribution in [-0.2, 0) is 4.79 Å². The molecule has 6 nitrogen and oxygen atoms in total. The van der Waals surface area contributed by atoms with Crippen LogP contribution in [0.3, 0.4) is 0 Å². The molecule has 3 rings (SSSR count). The maximum atomic E-state index is 12.7. The number of carbonyl (C=O) groups is 1. The molecular weight excluding hydrogens is 338 g/mol. The van der Waals surface area contributed by atoms with Gasteiger partial charge in [-0.2, -0.15) is 0 Å². The molecule has 3 fully saturated rings. The molecule has 2 unspecified atom stereocenters. The van der Waals surface area contributed by atoms with Gasteiger partial charge in [0.1, 0.15) is 0 Å². The minimum absolute atomic E-state index is 0.288. The highest BCUT2D eigenvalue weighted by Gasteiger charge is 2.32. The van der Waals surface area contributed by atoms with Crippen molar-refractivity contribution in [2.75, 3.05) is 39.3 Å². The van der Waals surface area contributed by atoms with E-state index in [-0.39, 0.29) is 5.92 Å². The van der Waals surface area contributed by atoms with E-state index in [1.165, 1.54) is 38.8 Å². The van der Waals surface area contributed by atoms with Crippen LogP contribution in [0.25, 0.3) is 0 Å². The number of likely N-dealkylation sites (tertiary alicyclic amines) is 2. The van der Waals surface area contributed by atoms with E-state index >= 15 is 0 Å². The van der Waals surface area contributed by atoms with Crippen molar-refractivity contribution in [2.24, 2.45) is 10.9 Å². The van der Waals surface area contributed by atoms with E-state index in [2.05, 4.69) is 34.3 Å². The summed E-state index contributed by atoms with van der Waals surface area (Å²) in [5.74, 6) is 1.59. The molecule has 2 saturated heterocycles. The van der Waals surface area contributed by atoms with Crippen molar-refractivity contribution in [1.82, 2.24) is 20.4 Å². The number of carbonyl (C=O) groups excluding carboxylic acids is 1.